The van der Waals surface area contributed by atoms with Crippen LogP contribution in [0.5, 0.6) is 0 Å². The molecule has 1 amide bonds. The molecule has 3 N–H and O–H groups in total. The lowest BCUT2D eigenvalue weighted by Gasteiger charge is -2.36. The molecule has 2 unspecified atom stereocenters. The van der Waals surface area contributed by atoms with Crippen LogP contribution < -0.4 is 11.1 Å². The topological polar surface area (TPSA) is 55.1 Å². The summed E-state index contributed by atoms with van der Waals surface area (Å²) in [5.74, 6) is -0.276. The van der Waals surface area contributed by atoms with Gasteiger partial charge in [0.1, 0.15) is 0 Å². The second-order valence-electron chi connectivity index (χ2n) is 6.21. The van der Waals surface area contributed by atoms with E-state index in [1.807, 2.05) is 6.92 Å². The Morgan fingerprint density at radius 1 is 1.56 bits per heavy atom. The molecule has 0 radical (unpaired) electrons. The fourth-order valence-corrected chi connectivity index (χ4v) is 3.04. The predicted octanol–water partition coefficient (Wildman–Crippen LogP) is 2.77. The molecule has 0 heterocycles. The molecular formula is C14H26N2OS. The fraction of sp³-hybridized carbons (Fsp3) is 0.857. The van der Waals surface area contributed by atoms with Crippen LogP contribution in [0.2, 0.25) is 0 Å². The Kier molecular flexibility index (Phi) is 5.57. The minimum atomic E-state index is -0.296. The molecule has 0 aromatic heterocycles. The van der Waals surface area contributed by atoms with Crippen molar-refractivity contribution in [3.63, 3.8) is 0 Å². The summed E-state index contributed by atoms with van der Waals surface area (Å²) in [6.45, 7) is 6.58. The lowest BCUT2D eigenvalue weighted by atomic mass is 9.75. The van der Waals surface area contributed by atoms with Gasteiger partial charge in [-0.1, -0.05) is 45.8 Å². The first-order chi connectivity index (χ1) is 8.35. The lowest BCUT2D eigenvalue weighted by molar-refractivity contribution is -0.124. The highest BCUT2D eigenvalue weighted by Gasteiger charge is 2.30. The van der Waals surface area contributed by atoms with Crippen molar-refractivity contribution in [1.29, 1.82) is 0 Å². The monoisotopic (exact) mass is 270 g/mol. The second-order valence-corrected chi connectivity index (χ2v) is 6.68. The van der Waals surface area contributed by atoms with E-state index in [4.69, 9.17) is 18.0 Å². The average Bonchev–Trinajstić information content (AvgIpc) is 2.23. The summed E-state index contributed by atoms with van der Waals surface area (Å²) in [7, 11) is 0. The summed E-state index contributed by atoms with van der Waals surface area (Å²) < 4.78 is 0. The molecule has 104 valence electrons. The fourth-order valence-electron chi connectivity index (χ4n) is 2.81. The van der Waals surface area contributed by atoms with Crippen LogP contribution in [0.3, 0.4) is 0 Å². The van der Waals surface area contributed by atoms with E-state index in [0.29, 0.717) is 10.4 Å². The zero-order valence-corrected chi connectivity index (χ0v) is 12.6. The van der Waals surface area contributed by atoms with Gasteiger partial charge in [0.25, 0.3) is 0 Å². The van der Waals surface area contributed by atoms with Gasteiger partial charge in [0.05, 0.1) is 10.9 Å². The highest BCUT2D eigenvalue weighted by molar-refractivity contribution is 7.80. The zero-order valence-electron chi connectivity index (χ0n) is 11.8. The molecule has 0 aromatic carbocycles. The molecule has 4 heteroatoms. The molecule has 1 aliphatic rings. The van der Waals surface area contributed by atoms with E-state index in [-0.39, 0.29) is 17.9 Å². The van der Waals surface area contributed by atoms with Crippen molar-refractivity contribution in [1.82, 2.24) is 5.32 Å². The number of amides is 1. The third kappa shape index (κ3) is 4.56. The van der Waals surface area contributed by atoms with E-state index < -0.39 is 0 Å². The SMILES string of the molecule is CCCC(C(=O)NC1CCCC(C)(C)C1)C(N)=S. The van der Waals surface area contributed by atoms with Gasteiger partial charge in [-0.3, -0.25) is 4.79 Å². The van der Waals surface area contributed by atoms with Gasteiger partial charge in [-0.15, -0.1) is 0 Å². The average molecular weight is 270 g/mol. The summed E-state index contributed by atoms with van der Waals surface area (Å²) in [5.41, 5.74) is 5.99. The third-order valence-electron chi connectivity index (χ3n) is 3.79. The Balaban J connectivity index is 2.55. The highest BCUT2D eigenvalue weighted by atomic mass is 32.1. The van der Waals surface area contributed by atoms with Crippen LogP contribution in [0.4, 0.5) is 0 Å². The summed E-state index contributed by atoms with van der Waals surface area (Å²) in [6.07, 6.45) is 6.22. The standard InChI is InChI=1S/C14H26N2OS/c1-4-6-11(12(15)18)13(17)16-10-7-5-8-14(2,3)9-10/h10-11H,4-9H2,1-3H3,(H2,15,18)(H,16,17). The molecule has 0 saturated heterocycles. The Morgan fingerprint density at radius 2 is 2.22 bits per heavy atom. The number of nitrogens with two attached hydrogens (primary N) is 1. The zero-order chi connectivity index (χ0) is 13.8. The van der Waals surface area contributed by atoms with Crippen molar-refractivity contribution in [3.05, 3.63) is 0 Å². The van der Waals surface area contributed by atoms with E-state index in [2.05, 4.69) is 19.2 Å². The Hall–Kier alpha value is -0.640. The van der Waals surface area contributed by atoms with Crippen molar-refractivity contribution in [2.75, 3.05) is 0 Å². The first kappa shape index (κ1) is 15.4. The Bertz CT molecular complexity index is 315. The molecule has 1 aliphatic carbocycles. The van der Waals surface area contributed by atoms with E-state index in [1.54, 1.807) is 0 Å². The first-order valence-electron chi connectivity index (χ1n) is 6.95. The van der Waals surface area contributed by atoms with E-state index >= 15 is 0 Å². The molecule has 0 aliphatic heterocycles. The minimum Gasteiger partial charge on any atom is -0.393 e. The Labute approximate surface area is 116 Å². The maximum Gasteiger partial charge on any atom is 0.230 e. The van der Waals surface area contributed by atoms with Crippen molar-refractivity contribution in [2.24, 2.45) is 17.1 Å². The van der Waals surface area contributed by atoms with Gasteiger partial charge < -0.3 is 11.1 Å². The van der Waals surface area contributed by atoms with Crippen LogP contribution >= 0.6 is 12.2 Å². The van der Waals surface area contributed by atoms with Gasteiger partial charge >= 0.3 is 0 Å². The number of carbonyl (C=O) groups is 1. The van der Waals surface area contributed by atoms with Gasteiger partial charge in [-0.2, -0.15) is 0 Å². The molecule has 1 rings (SSSR count). The normalized spacial score (nSPS) is 24.3. The van der Waals surface area contributed by atoms with Crippen molar-refractivity contribution in [3.8, 4) is 0 Å². The third-order valence-corrected chi connectivity index (χ3v) is 4.07. The minimum absolute atomic E-state index is 0.0204. The van der Waals surface area contributed by atoms with Crippen LogP contribution in [0.15, 0.2) is 0 Å². The lowest BCUT2D eigenvalue weighted by Crippen LogP contribution is -2.45. The van der Waals surface area contributed by atoms with Gasteiger partial charge in [-0.05, 0) is 31.1 Å². The molecule has 0 bridgehead atoms. The van der Waals surface area contributed by atoms with E-state index in [9.17, 15) is 4.79 Å². The Morgan fingerprint density at radius 3 is 2.72 bits per heavy atom. The van der Waals surface area contributed by atoms with Crippen molar-refractivity contribution < 1.29 is 4.79 Å². The maximum atomic E-state index is 12.2. The van der Waals surface area contributed by atoms with Crippen LogP contribution in [0, 0.1) is 11.3 Å². The second kappa shape index (κ2) is 6.50. The predicted molar refractivity (Wildman–Crippen MR) is 79.4 cm³/mol. The number of carbonyl (C=O) groups excluding carboxylic acids is 1. The van der Waals surface area contributed by atoms with Gasteiger partial charge in [0.2, 0.25) is 5.91 Å². The number of rotatable bonds is 5. The van der Waals surface area contributed by atoms with Crippen LogP contribution in [0.25, 0.3) is 0 Å². The summed E-state index contributed by atoms with van der Waals surface area (Å²) in [4.78, 5) is 12.5. The van der Waals surface area contributed by atoms with Crippen molar-refractivity contribution in [2.45, 2.75) is 65.3 Å². The molecule has 0 spiro atoms. The van der Waals surface area contributed by atoms with Crippen LogP contribution in [-0.4, -0.2) is 16.9 Å². The van der Waals surface area contributed by atoms with E-state index in [1.165, 1.54) is 12.8 Å². The summed E-state index contributed by atoms with van der Waals surface area (Å²) in [5, 5.41) is 3.13. The maximum absolute atomic E-state index is 12.2. The summed E-state index contributed by atoms with van der Waals surface area (Å²) in [6, 6.07) is 0.287. The quantitative estimate of drug-likeness (QED) is 0.755. The number of hydrogen-bond acceptors (Lipinski definition) is 2. The molecular weight excluding hydrogens is 244 g/mol. The molecule has 1 fully saturated rings. The molecule has 0 aromatic rings. The van der Waals surface area contributed by atoms with Gasteiger partial charge in [0, 0.05) is 6.04 Å². The number of nitrogens with one attached hydrogen (secondary N) is 1. The largest absolute Gasteiger partial charge is 0.393 e. The smallest absolute Gasteiger partial charge is 0.230 e. The van der Waals surface area contributed by atoms with E-state index in [0.717, 1.165) is 25.7 Å². The summed E-state index contributed by atoms with van der Waals surface area (Å²) >= 11 is 4.99. The van der Waals surface area contributed by atoms with Crippen molar-refractivity contribution >= 4 is 23.1 Å². The molecule has 1 saturated carbocycles. The van der Waals surface area contributed by atoms with Gasteiger partial charge in [-0.25, -0.2) is 0 Å². The first-order valence-corrected chi connectivity index (χ1v) is 7.36. The van der Waals surface area contributed by atoms with Crippen LogP contribution in [0.1, 0.15) is 59.3 Å². The van der Waals surface area contributed by atoms with Gasteiger partial charge in [0.15, 0.2) is 0 Å². The van der Waals surface area contributed by atoms with Crippen LogP contribution in [-0.2, 0) is 4.79 Å². The highest BCUT2D eigenvalue weighted by Crippen LogP contribution is 2.35. The molecule has 2 atom stereocenters. The molecule has 18 heavy (non-hydrogen) atoms. The number of hydrogen-bond donors (Lipinski definition) is 2. The number of thiocarbonyl (C=S) groups is 1. The molecule has 3 nitrogen and oxygen atoms in total.